The van der Waals surface area contributed by atoms with Crippen molar-refractivity contribution in [2.75, 3.05) is 18.1 Å². The van der Waals surface area contributed by atoms with E-state index < -0.39 is 21.2 Å². The third kappa shape index (κ3) is 5.67. The van der Waals surface area contributed by atoms with E-state index in [0.29, 0.717) is 11.5 Å². The van der Waals surface area contributed by atoms with Gasteiger partial charge in [-0.15, -0.1) is 18.2 Å². The molecule has 0 radical (unpaired) electrons. The summed E-state index contributed by atoms with van der Waals surface area (Å²) in [7, 11) is -3.76. The Morgan fingerprint density at radius 1 is 1.67 bits per heavy atom. The molecule has 0 saturated heterocycles. The summed E-state index contributed by atoms with van der Waals surface area (Å²) in [5.41, 5.74) is 0. The molecule has 0 rings (SSSR count). The Hall–Kier alpha value is -0.710. The zero-order valence-corrected chi connectivity index (χ0v) is 9.90. The Bertz CT molecular complexity index is 344. The summed E-state index contributed by atoms with van der Waals surface area (Å²) in [6.45, 7) is 1.31. The maximum Gasteiger partial charge on any atom is 0.323 e. The van der Waals surface area contributed by atoms with Gasteiger partial charge in [0, 0.05) is 12.3 Å². The van der Waals surface area contributed by atoms with E-state index >= 15 is 0 Å². The first kappa shape index (κ1) is 14.3. The van der Waals surface area contributed by atoms with Crippen molar-refractivity contribution in [3.63, 3.8) is 0 Å². The van der Waals surface area contributed by atoms with Gasteiger partial charge in [0.2, 0.25) is 10.0 Å². The molecule has 86 valence electrons. The van der Waals surface area contributed by atoms with Gasteiger partial charge in [0.05, 0.1) is 5.75 Å². The van der Waals surface area contributed by atoms with E-state index in [1.807, 2.05) is 0 Å². The highest BCUT2D eigenvalue weighted by molar-refractivity contribution is 7.99. The highest BCUT2D eigenvalue weighted by Gasteiger charge is 2.26. The lowest BCUT2D eigenvalue weighted by molar-refractivity contribution is -0.136. The fourth-order valence-electron chi connectivity index (χ4n) is 0.645. The number of hydrogen-bond donors (Lipinski definition) is 2. The molecule has 0 aromatic heterocycles. The first-order valence-electron chi connectivity index (χ1n) is 4.14. The smallest absolute Gasteiger partial charge is 0.323 e. The van der Waals surface area contributed by atoms with Crippen LogP contribution in [-0.4, -0.2) is 42.8 Å². The predicted octanol–water partition coefficient (Wildman–Crippen LogP) is -0.255. The average molecular weight is 251 g/mol. The molecule has 2 N–H and O–H groups in total. The molecule has 5 nitrogen and oxygen atoms in total. The molecule has 0 saturated carbocycles. The van der Waals surface area contributed by atoms with Gasteiger partial charge in [0.1, 0.15) is 0 Å². The van der Waals surface area contributed by atoms with Gasteiger partial charge in [0.25, 0.3) is 0 Å². The third-order valence-corrected chi connectivity index (χ3v) is 4.15. The minimum atomic E-state index is -3.76. The van der Waals surface area contributed by atoms with Crippen molar-refractivity contribution in [3.05, 3.63) is 0 Å². The van der Waals surface area contributed by atoms with Gasteiger partial charge in [-0.2, -0.15) is 0 Å². The van der Waals surface area contributed by atoms with Crippen LogP contribution in [0.25, 0.3) is 0 Å². The molecule has 0 amide bonds. The highest BCUT2D eigenvalue weighted by atomic mass is 32.2. The molecule has 0 heterocycles. The van der Waals surface area contributed by atoms with Crippen molar-refractivity contribution in [1.82, 2.24) is 4.72 Å². The van der Waals surface area contributed by atoms with E-state index in [1.54, 1.807) is 0 Å². The van der Waals surface area contributed by atoms with Crippen LogP contribution in [0.2, 0.25) is 0 Å². The maximum absolute atomic E-state index is 11.3. The van der Waals surface area contributed by atoms with Gasteiger partial charge < -0.3 is 5.11 Å². The Labute approximate surface area is 93.7 Å². The number of terminal acetylenes is 1. The first-order valence-corrected chi connectivity index (χ1v) is 6.84. The molecule has 0 aliphatic rings. The van der Waals surface area contributed by atoms with Crippen LogP contribution in [0.15, 0.2) is 0 Å². The van der Waals surface area contributed by atoms with E-state index in [4.69, 9.17) is 11.5 Å². The summed E-state index contributed by atoms with van der Waals surface area (Å²) in [5, 5.41) is 7.07. The number of aliphatic carboxylic acids is 1. The van der Waals surface area contributed by atoms with Crippen molar-refractivity contribution in [2.45, 2.75) is 12.2 Å². The van der Waals surface area contributed by atoms with E-state index in [0.717, 1.165) is 6.92 Å². The maximum atomic E-state index is 11.3. The number of hydrogen-bond acceptors (Lipinski definition) is 4. The van der Waals surface area contributed by atoms with E-state index in [-0.39, 0.29) is 6.54 Å². The summed E-state index contributed by atoms with van der Waals surface area (Å²) in [5.74, 6) is 2.07. The Kier molecular flexibility index (Phi) is 6.40. The van der Waals surface area contributed by atoms with Gasteiger partial charge in [-0.1, -0.05) is 5.92 Å². The number of carboxylic acid groups (broad SMARTS) is 1. The van der Waals surface area contributed by atoms with Crippen molar-refractivity contribution < 1.29 is 18.3 Å². The van der Waals surface area contributed by atoms with Crippen LogP contribution in [-0.2, 0) is 14.8 Å². The molecule has 7 heteroatoms. The fourth-order valence-corrected chi connectivity index (χ4v) is 2.18. The lowest BCUT2D eigenvalue weighted by atomic mass is 10.5. The summed E-state index contributed by atoms with van der Waals surface area (Å²) in [6.07, 6.45) is 5.00. The quantitative estimate of drug-likeness (QED) is 0.481. The lowest BCUT2D eigenvalue weighted by Gasteiger charge is -2.09. The zero-order chi connectivity index (χ0) is 11.9. The van der Waals surface area contributed by atoms with Crippen molar-refractivity contribution in [3.8, 4) is 12.3 Å². The molecule has 0 spiro atoms. The number of rotatable bonds is 7. The van der Waals surface area contributed by atoms with Crippen LogP contribution >= 0.6 is 11.8 Å². The molecule has 0 aliphatic carbocycles. The van der Waals surface area contributed by atoms with Crippen LogP contribution in [0.4, 0.5) is 0 Å². The minimum Gasteiger partial charge on any atom is -0.480 e. The normalized spacial score (nSPS) is 13.1. The number of nitrogens with one attached hydrogen (secondary N) is 1. The van der Waals surface area contributed by atoms with Gasteiger partial charge >= 0.3 is 5.97 Å². The molecular weight excluding hydrogens is 238 g/mol. The summed E-state index contributed by atoms with van der Waals surface area (Å²) in [4.78, 5) is 10.4. The van der Waals surface area contributed by atoms with Crippen molar-refractivity contribution in [1.29, 1.82) is 0 Å². The van der Waals surface area contributed by atoms with E-state index in [2.05, 4.69) is 10.6 Å². The van der Waals surface area contributed by atoms with E-state index in [9.17, 15) is 13.2 Å². The van der Waals surface area contributed by atoms with Gasteiger partial charge in [-0.25, -0.2) is 13.1 Å². The minimum absolute atomic E-state index is 0.187. The van der Waals surface area contributed by atoms with Gasteiger partial charge in [0.15, 0.2) is 5.25 Å². The first-order chi connectivity index (χ1) is 6.91. The highest BCUT2D eigenvalue weighted by Crippen LogP contribution is 2.00. The monoisotopic (exact) mass is 251 g/mol. The number of sulfonamides is 1. The number of carboxylic acids is 1. The molecule has 0 aromatic carbocycles. The van der Waals surface area contributed by atoms with Crippen LogP contribution in [0.3, 0.4) is 0 Å². The molecular formula is C8H13NO4S2. The van der Waals surface area contributed by atoms with Crippen molar-refractivity contribution >= 4 is 27.8 Å². The molecule has 0 bridgehead atoms. The molecule has 0 aromatic rings. The molecule has 0 fully saturated rings. The Balaban J connectivity index is 3.96. The molecule has 15 heavy (non-hydrogen) atoms. The lowest BCUT2D eigenvalue weighted by Crippen LogP contribution is -2.38. The van der Waals surface area contributed by atoms with Gasteiger partial charge in [-0.05, 0) is 6.92 Å². The third-order valence-electron chi connectivity index (χ3n) is 1.55. The molecule has 0 aliphatic heterocycles. The molecule has 1 atom stereocenters. The van der Waals surface area contributed by atoms with E-state index in [1.165, 1.54) is 11.8 Å². The predicted molar refractivity (Wildman–Crippen MR) is 60.2 cm³/mol. The zero-order valence-electron chi connectivity index (χ0n) is 8.26. The molecule has 1 unspecified atom stereocenters. The van der Waals surface area contributed by atoms with Crippen LogP contribution in [0.5, 0.6) is 0 Å². The van der Waals surface area contributed by atoms with Crippen LogP contribution in [0, 0.1) is 12.3 Å². The summed E-state index contributed by atoms with van der Waals surface area (Å²) >= 11 is 1.40. The van der Waals surface area contributed by atoms with Crippen LogP contribution < -0.4 is 4.72 Å². The van der Waals surface area contributed by atoms with Crippen molar-refractivity contribution in [2.24, 2.45) is 0 Å². The topological polar surface area (TPSA) is 83.5 Å². The standard InChI is InChI=1S/C8H13NO4S2/c1-3-5-14-6-4-9-15(12,13)7(2)8(10)11/h1,7,9H,4-6H2,2H3,(H,10,11). The summed E-state index contributed by atoms with van der Waals surface area (Å²) in [6, 6.07) is 0. The number of carbonyl (C=O) groups is 1. The Morgan fingerprint density at radius 3 is 2.73 bits per heavy atom. The van der Waals surface area contributed by atoms with Gasteiger partial charge in [-0.3, -0.25) is 4.79 Å². The Morgan fingerprint density at radius 2 is 2.27 bits per heavy atom. The fraction of sp³-hybridized carbons (Fsp3) is 0.625. The second-order valence-electron chi connectivity index (χ2n) is 2.68. The SMILES string of the molecule is C#CCSCCNS(=O)(=O)C(C)C(=O)O. The van der Waals surface area contributed by atoms with Crippen LogP contribution in [0.1, 0.15) is 6.92 Å². The second-order valence-corrected chi connectivity index (χ2v) is 5.87. The largest absolute Gasteiger partial charge is 0.480 e. The summed E-state index contributed by atoms with van der Waals surface area (Å²) < 4.78 is 24.7. The second kappa shape index (κ2) is 6.71. The average Bonchev–Trinajstić information content (AvgIpc) is 2.16. The number of thioether (sulfide) groups is 1.